The van der Waals surface area contributed by atoms with Crippen LogP contribution in [0.4, 0.5) is 5.69 Å². The average Bonchev–Trinajstić information content (AvgIpc) is 2.82. The molecule has 1 aliphatic rings. The average molecular weight is 261 g/mol. The molecule has 104 valence electrons. The van der Waals surface area contributed by atoms with E-state index in [2.05, 4.69) is 5.32 Å². The maximum atomic E-state index is 12.1. The number of rotatable bonds is 4. The Bertz CT molecular complexity index is 445. The summed E-state index contributed by atoms with van der Waals surface area (Å²) in [5.41, 5.74) is 7.63. The highest BCUT2D eigenvalue weighted by atomic mass is 16.1. The first-order valence-electron chi connectivity index (χ1n) is 6.87. The highest BCUT2D eigenvalue weighted by Gasteiger charge is 2.22. The van der Waals surface area contributed by atoms with Gasteiger partial charge in [-0.3, -0.25) is 4.79 Å². The lowest BCUT2D eigenvalue weighted by atomic mass is 10.1. The summed E-state index contributed by atoms with van der Waals surface area (Å²) in [4.78, 5) is 14.1. The Morgan fingerprint density at radius 3 is 2.84 bits per heavy atom. The molecule has 0 aliphatic heterocycles. The second kappa shape index (κ2) is 6.06. The summed E-state index contributed by atoms with van der Waals surface area (Å²) < 4.78 is 0. The molecule has 1 saturated carbocycles. The van der Waals surface area contributed by atoms with Crippen LogP contribution in [0.2, 0.25) is 0 Å². The highest BCUT2D eigenvalue weighted by Crippen LogP contribution is 2.23. The van der Waals surface area contributed by atoms with E-state index in [-0.39, 0.29) is 5.91 Å². The van der Waals surface area contributed by atoms with Crippen LogP contribution in [-0.4, -0.2) is 32.6 Å². The van der Waals surface area contributed by atoms with Crippen molar-refractivity contribution >= 4 is 11.6 Å². The van der Waals surface area contributed by atoms with Gasteiger partial charge in [0.05, 0.1) is 0 Å². The summed E-state index contributed by atoms with van der Waals surface area (Å²) in [5.74, 6) is 0.542. The number of nitrogens with zero attached hydrogens (tertiary/aromatic N) is 1. The van der Waals surface area contributed by atoms with Crippen molar-refractivity contribution < 1.29 is 4.79 Å². The molecule has 2 atom stereocenters. The Balaban J connectivity index is 1.90. The summed E-state index contributed by atoms with van der Waals surface area (Å²) in [6, 6.07) is 7.99. The molecule has 0 saturated heterocycles. The van der Waals surface area contributed by atoms with Crippen LogP contribution >= 0.6 is 0 Å². The quantitative estimate of drug-likeness (QED) is 0.865. The fraction of sp³-hybridized carbons (Fsp3) is 0.533. The lowest BCUT2D eigenvalue weighted by Crippen LogP contribution is -2.29. The number of carbonyl (C=O) groups excluding carboxylic acids is 1. The molecule has 4 nitrogen and oxygen atoms in total. The number of carbonyl (C=O) groups is 1. The van der Waals surface area contributed by atoms with Gasteiger partial charge in [-0.2, -0.15) is 0 Å². The van der Waals surface area contributed by atoms with E-state index in [9.17, 15) is 4.79 Å². The normalized spacial score (nSPS) is 22.3. The molecule has 1 amide bonds. The Morgan fingerprint density at radius 1 is 1.42 bits per heavy atom. The van der Waals surface area contributed by atoms with E-state index in [1.54, 1.807) is 0 Å². The van der Waals surface area contributed by atoms with Crippen LogP contribution in [0.3, 0.4) is 0 Å². The van der Waals surface area contributed by atoms with Crippen LogP contribution in [-0.2, 0) is 0 Å². The predicted molar refractivity (Wildman–Crippen MR) is 78.4 cm³/mol. The van der Waals surface area contributed by atoms with Crippen molar-refractivity contribution in [3.8, 4) is 0 Å². The predicted octanol–water partition coefficient (Wildman–Crippen LogP) is 1.61. The maximum Gasteiger partial charge on any atom is 0.251 e. The van der Waals surface area contributed by atoms with Crippen molar-refractivity contribution in [2.45, 2.75) is 25.3 Å². The molecule has 1 fully saturated rings. The Kier molecular flexibility index (Phi) is 4.43. The summed E-state index contributed by atoms with van der Waals surface area (Å²) in [7, 11) is 3.94. The van der Waals surface area contributed by atoms with E-state index >= 15 is 0 Å². The lowest BCUT2D eigenvalue weighted by molar-refractivity contribution is 0.0947. The molecule has 19 heavy (non-hydrogen) atoms. The number of anilines is 1. The van der Waals surface area contributed by atoms with Crippen molar-refractivity contribution in [1.82, 2.24) is 5.32 Å². The van der Waals surface area contributed by atoms with Gasteiger partial charge in [0.2, 0.25) is 0 Å². The topological polar surface area (TPSA) is 58.4 Å². The van der Waals surface area contributed by atoms with Gasteiger partial charge in [0, 0.05) is 37.9 Å². The van der Waals surface area contributed by atoms with Crippen LogP contribution in [0.25, 0.3) is 0 Å². The highest BCUT2D eigenvalue weighted by molar-refractivity contribution is 5.95. The molecular weight excluding hydrogens is 238 g/mol. The Morgan fingerprint density at radius 2 is 2.21 bits per heavy atom. The Labute approximate surface area is 115 Å². The minimum Gasteiger partial charge on any atom is -0.378 e. The lowest BCUT2D eigenvalue weighted by Gasteiger charge is -2.14. The van der Waals surface area contributed by atoms with Crippen LogP contribution in [0.15, 0.2) is 24.3 Å². The number of benzene rings is 1. The molecule has 2 unspecified atom stereocenters. The monoisotopic (exact) mass is 261 g/mol. The van der Waals surface area contributed by atoms with E-state index in [0.29, 0.717) is 17.5 Å². The van der Waals surface area contributed by atoms with Gasteiger partial charge in [-0.1, -0.05) is 6.07 Å². The van der Waals surface area contributed by atoms with Crippen LogP contribution in [0.5, 0.6) is 0 Å². The first kappa shape index (κ1) is 13.9. The standard InChI is InChI=1S/C15H23N3O/c1-18(2)14-5-3-4-12(9-14)15(19)17-10-11-6-7-13(16)8-11/h3-5,9,11,13H,6-8,10,16H2,1-2H3,(H,17,19). The molecule has 4 heteroatoms. The third kappa shape index (κ3) is 3.70. The fourth-order valence-electron chi connectivity index (χ4n) is 2.56. The summed E-state index contributed by atoms with van der Waals surface area (Å²) in [5, 5.41) is 3.01. The van der Waals surface area contributed by atoms with Gasteiger partial charge >= 0.3 is 0 Å². The largest absolute Gasteiger partial charge is 0.378 e. The van der Waals surface area contributed by atoms with Crippen molar-refractivity contribution in [3.63, 3.8) is 0 Å². The zero-order valence-corrected chi connectivity index (χ0v) is 11.7. The van der Waals surface area contributed by atoms with Crippen LogP contribution < -0.4 is 16.0 Å². The zero-order chi connectivity index (χ0) is 13.8. The van der Waals surface area contributed by atoms with Crippen LogP contribution in [0, 0.1) is 5.92 Å². The molecule has 0 radical (unpaired) electrons. The first-order valence-corrected chi connectivity index (χ1v) is 6.87. The number of amides is 1. The van der Waals surface area contributed by atoms with E-state index < -0.39 is 0 Å². The number of nitrogens with one attached hydrogen (secondary N) is 1. The summed E-state index contributed by atoms with van der Waals surface area (Å²) >= 11 is 0. The minimum absolute atomic E-state index is 0.00386. The molecule has 3 N–H and O–H groups in total. The van der Waals surface area contributed by atoms with Gasteiger partial charge < -0.3 is 16.0 Å². The number of nitrogens with two attached hydrogens (primary N) is 1. The van der Waals surface area contributed by atoms with Crippen molar-refractivity contribution in [2.24, 2.45) is 11.7 Å². The summed E-state index contributed by atoms with van der Waals surface area (Å²) in [6.45, 7) is 0.735. The molecule has 1 aromatic rings. The van der Waals surface area contributed by atoms with E-state index in [0.717, 1.165) is 31.5 Å². The van der Waals surface area contributed by atoms with Gasteiger partial charge in [-0.15, -0.1) is 0 Å². The molecule has 0 aromatic heterocycles. The molecule has 1 aliphatic carbocycles. The van der Waals surface area contributed by atoms with Gasteiger partial charge in [0.25, 0.3) is 5.91 Å². The maximum absolute atomic E-state index is 12.1. The molecule has 0 bridgehead atoms. The van der Waals surface area contributed by atoms with E-state index in [1.165, 1.54) is 0 Å². The molecule has 0 spiro atoms. The fourth-order valence-corrected chi connectivity index (χ4v) is 2.56. The second-order valence-electron chi connectivity index (χ2n) is 5.59. The first-order chi connectivity index (χ1) is 9.06. The van der Waals surface area contributed by atoms with Gasteiger partial charge in [-0.05, 0) is 43.4 Å². The zero-order valence-electron chi connectivity index (χ0n) is 11.7. The Hall–Kier alpha value is -1.55. The van der Waals surface area contributed by atoms with Gasteiger partial charge in [0.15, 0.2) is 0 Å². The minimum atomic E-state index is 0.00386. The van der Waals surface area contributed by atoms with Gasteiger partial charge in [0.1, 0.15) is 0 Å². The molecule has 2 rings (SSSR count). The SMILES string of the molecule is CN(C)c1cccc(C(=O)NCC2CCC(N)C2)c1. The molecule has 1 aromatic carbocycles. The number of hydrogen-bond acceptors (Lipinski definition) is 3. The van der Waals surface area contributed by atoms with Crippen molar-refractivity contribution in [1.29, 1.82) is 0 Å². The van der Waals surface area contributed by atoms with Crippen LogP contribution in [0.1, 0.15) is 29.6 Å². The smallest absolute Gasteiger partial charge is 0.251 e. The van der Waals surface area contributed by atoms with Gasteiger partial charge in [-0.25, -0.2) is 0 Å². The molecule has 0 heterocycles. The third-order valence-corrected chi connectivity index (χ3v) is 3.76. The van der Waals surface area contributed by atoms with E-state index in [1.807, 2.05) is 43.3 Å². The summed E-state index contributed by atoms with van der Waals surface area (Å²) in [6.07, 6.45) is 3.23. The van der Waals surface area contributed by atoms with E-state index in [4.69, 9.17) is 5.73 Å². The molecular formula is C15H23N3O. The van der Waals surface area contributed by atoms with Crippen molar-refractivity contribution in [2.75, 3.05) is 25.5 Å². The van der Waals surface area contributed by atoms with Crippen molar-refractivity contribution in [3.05, 3.63) is 29.8 Å². The third-order valence-electron chi connectivity index (χ3n) is 3.76. The number of hydrogen-bond donors (Lipinski definition) is 2. The second-order valence-corrected chi connectivity index (χ2v) is 5.59.